The van der Waals surface area contributed by atoms with Crippen LogP contribution < -0.4 is 0 Å². The molecule has 0 nitrogen and oxygen atoms in total. The SMILES string of the molecule is BrCc1ccc2ccccc2c1-c1ccccc1. The summed E-state index contributed by atoms with van der Waals surface area (Å²) in [5.41, 5.74) is 3.95. The Hall–Kier alpha value is -1.60. The zero-order valence-corrected chi connectivity index (χ0v) is 11.5. The van der Waals surface area contributed by atoms with E-state index in [1.807, 2.05) is 0 Å². The molecule has 0 saturated carbocycles. The molecule has 0 atom stereocenters. The molecule has 0 radical (unpaired) electrons. The van der Waals surface area contributed by atoms with Crippen molar-refractivity contribution >= 4 is 26.7 Å². The molecular formula is C17H13Br. The van der Waals surface area contributed by atoms with Crippen LogP contribution in [0.15, 0.2) is 66.7 Å². The molecule has 0 fully saturated rings. The highest BCUT2D eigenvalue weighted by Crippen LogP contribution is 2.33. The average Bonchev–Trinajstić information content (AvgIpc) is 2.47. The lowest BCUT2D eigenvalue weighted by atomic mass is 9.94. The van der Waals surface area contributed by atoms with Gasteiger partial charge in [-0.05, 0) is 27.5 Å². The van der Waals surface area contributed by atoms with E-state index in [1.165, 1.54) is 27.5 Å². The highest BCUT2D eigenvalue weighted by molar-refractivity contribution is 9.08. The van der Waals surface area contributed by atoms with Gasteiger partial charge in [0.1, 0.15) is 0 Å². The van der Waals surface area contributed by atoms with Crippen LogP contribution in [0.1, 0.15) is 5.56 Å². The molecule has 3 rings (SSSR count). The van der Waals surface area contributed by atoms with E-state index >= 15 is 0 Å². The van der Waals surface area contributed by atoms with Crippen LogP contribution >= 0.6 is 15.9 Å². The van der Waals surface area contributed by atoms with Crippen molar-refractivity contribution in [3.63, 3.8) is 0 Å². The Morgan fingerprint density at radius 2 is 1.44 bits per heavy atom. The van der Waals surface area contributed by atoms with Crippen molar-refractivity contribution in [1.82, 2.24) is 0 Å². The van der Waals surface area contributed by atoms with Crippen LogP contribution in [0, 0.1) is 0 Å². The van der Waals surface area contributed by atoms with Gasteiger partial charge in [-0.3, -0.25) is 0 Å². The van der Waals surface area contributed by atoms with E-state index in [2.05, 4.69) is 82.7 Å². The van der Waals surface area contributed by atoms with Gasteiger partial charge in [0.05, 0.1) is 0 Å². The molecule has 0 aromatic heterocycles. The Morgan fingerprint density at radius 3 is 2.22 bits per heavy atom. The molecule has 0 heterocycles. The number of hydrogen-bond acceptors (Lipinski definition) is 0. The second-order valence-corrected chi connectivity index (χ2v) is 4.88. The largest absolute Gasteiger partial charge is 0.0876 e. The highest BCUT2D eigenvalue weighted by Gasteiger charge is 2.08. The van der Waals surface area contributed by atoms with E-state index in [4.69, 9.17) is 0 Å². The van der Waals surface area contributed by atoms with Crippen LogP contribution in [0.3, 0.4) is 0 Å². The van der Waals surface area contributed by atoms with Crippen molar-refractivity contribution in [2.75, 3.05) is 0 Å². The zero-order chi connectivity index (χ0) is 12.4. The molecule has 18 heavy (non-hydrogen) atoms. The van der Waals surface area contributed by atoms with Gasteiger partial charge in [0.25, 0.3) is 0 Å². The minimum atomic E-state index is 0.877. The molecular weight excluding hydrogens is 284 g/mol. The predicted octanol–water partition coefficient (Wildman–Crippen LogP) is 5.40. The van der Waals surface area contributed by atoms with E-state index in [0.29, 0.717) is 0 Å². The minimum absolute atomic E-state index is 0.877. The molecule has 0 saturated heterocycles. The van der Waals surface area contributed by atoms with E-state index < -0.39 is 0 Å². The van der Waals surface area contributed by atoms with Gasteiger partial charge in [-0.15, -0.1) is 0 Å². The summed E-state index contributed by atoms with van der Waals surface area (Å²) < 4.78 is 0. The lowest BCUT2D eigenvalue weighted by Gasteiger charge is -2.11. The van der Waals surface area contributed by atoms with Gasteiger partial charge < -0.3 is 0 Å². The summed E-state index contributed by atoms with van der Waals surface area (Å²) in [5.74, 6) is 0. The first-order valence-corrected chi connectivity index (χ1v) is 7.14. The lowest BCUT2D eigenvalue weighted by molar-refractivity contribution is 1.45. The van der Waals surface area contributed by atoms with Crippen LogP contribution in [0.4, 0.5) is 0 Å². The lowest BCUT2D eigenvalue weighted by Crippen LogP contribution is -1.88. The molecule has 3 aromatic rings. The summed E-state index contributed by atoms with van der Waals surface area (Å²) in [6, 6.07) is 23.5. The quantitative estimate of drug-likeness (QED) is 0.555. The maximum Gasteiger partial charge on any atom is 0.0289 e. The number of fused-ring (bicyclic) bond motifs is 1. The van der Waals surface area contributed by atoms with Gasteiger partial charge in [-0.1, -0.05) is 82.7 Å². The van der Waals surface area contributed by atoms with Crippen LogP contribution in [0.2, 0.25) is 0 Å². The second-order valence-electron chi connectivity index (χ2n) is 4.32. The summed E-state index contributed by atoms with van der Waals surface area (Å²) in [6.45, 7) is 0. The van der Waals surface area contributed by atoms with E-state index in [0.717, 1.165) is 5.33 Å². The fourth-order valence-corrected chi connectivity index (χ4v) is 2.84. The standard InChI is InChI=1S/C17H13Br/c18-12-15-11-10-13-6-4-5-9-16(13)17(15)14-7-2-1-3-8-14/h1-11H,12H2. The molecule has 0 unspecified atom stereocenters. The normalized spacial score (nSPS) is 10.7. The fraction of sp³-hybridized carbons (Fsp3) is 0.0588. The first-order chi connectivity index (χ1) is 8.90. The van der Waals surface area contributed by atoms with Gasteiger partial charge >= 0.3 is 0 Å². The molecule has 3 aromatic carbocycles. The minimum Gasteiger partial charge on any atom is -0.0876 e. The Labute approximate surface area is 115 Å². The summed E-state index contributed by atoms with van der Waals surface area (Å²) in [4.78, 5) is 0. The van der Waals surface area contributed by atoms with Gasteiger partial charge in [0.15, 0.2) is 0 Å². The molecule has 0 N–H and O–H groups in total. The molecule has 88 valence electrons. The zero-order valence-electron chi connectivity index (χ0n) is 9.94. The Kier molecular flexibility index (Phi) is 3.16. The molecule has 0 aliphatic rings. The van der Waals surface area contributed by atoms with Crippen molar-refractivity contribution in [1.29, 1.82) is 0 Å². The molecule has 0 bridgehead atoms. The van der Waals surface area contributed by atoms with Crippen molar-refractivity contribution < 1.29 is 0 Å². The monoisotopic (exact) mass is 296 g/mol. The molecule has 0 amide bonds. The predicted molar refractivity (Wildman–Crippen MR) is 82.0 cm³/mol. The van der Waals surface area contributed by atoms with E-state index in [-0.39, 0.29) is 0 Å². The van der Waals surface area contributed by atoms with Crippen molar-refractivity contribution in [3.05, 3.63) is 72.3 Å². The number of alkyl halides is 1. The topological polar surface area (TPSA) is 0 Å². The van der Waals surface area contributed by atoms with Crippen molar-refractivity contribution in [2.45, 2.75) is 5.33 Å². The molecule has 1 heteroatoms. The third-order valence-electron chi connectivity index (χ3n) is 3.22. The smallest absolute Gasteiger partial charge is 0.0289 e. The van der Waals surface area contributed by atoms with Gasteiger partial charge in [0.2, 0.25) is 0 Å². The van der Waals surface area contributed by atoms with Gasteiger partial charge in [-0.25, -0.2) is 0 Å². The van der Waals surface area contributed by atoms with Crippen molar-refractivity contribution in [2.24, 2.45) is 0 Å². The molecule has 0 spiro atoms. The van der Waals surface area contributed by atoms with Gasteiger partial charge in [-0.2, -0.15) is 0 Å². The van der Waals surface area contributed by atoms with E-state index in [1.54, 1.807) is 0 Å². The first-order valence-electron chi connectivity index (χ1n) is 6.02. The first kappa shape index (κ1) is 11.5. The summed E-state index contributed by atoms with van der Waals surface area (Å²) in [7, 11) is 0. The summed E-state index contributed by atoms with van der Waals surface area (Å²) in [5, 5.41) is 3.49. The maximum atomic E-state index is 3.59. The Morgan fingerprint density at radius 1 is 0.722 bits per heavy atom. The highest BCUT2D eigenvalue weighted by atomic mass is 79.9. The fourth-order valence-electron chi connectivity index (χ4n) is 2.37. The molecule has 0 aliphatic carbocycles. The number of rotatable bonds is 2. The average molecular weight is 297 g/mol. The Balaban J connectivity index is 2.38. The third kappa shape index (κ3) is 1.95. The van der Waals surface area contributed by atoms with Crippen molar-refractivity contribution in [3.8, 4) is 11.1 Å². The van der Waals surface area contributed by atoms with Crippen LogP contribution in [-0.4, -0.2) is 0 Å². The van der Waals surface area contributed by atoms with Crippen LogP contribution in [0.25, 0.3) is 21.9 Å². The number of benzene rings is 3. The maximum absolute atomic E-state index is 3.59. The Bertz CT molecular complexity index is 672. The number of hydrogen-bond donors (Lipinski definition) is 0. The number of halogens is 1. The van der Waals surface area contributed by atoms with E-state index in [9.17, 15) is 0 Å². The third-order valence-corrected chi connectivity index (χ3v) is 3.83. The van der Waals surface area contributed by atoms with Crippen LogP contribution in [0.5, 0.6) is 0 Å². The molecule has 0 aliphatic heterocycles. The summed E-state index contributed by atoms with van der Waals surface area (Å²) >= 11 is 3.59. The summed E-state index contributed by atoms with van der Waals surface area (Å²) in [6.07, 6.45) is 0. The van der Waals surface area contributed by atoms with Gasteiger partial charge in [0, 0.05) is 5.33 Å². The van der Waals surface area contributed by atoms with Crippen LogP contribution in [-0.2, 0) is 5.33 Å². The second kappa shape index (κ2) is 4.95.